The Labute approximate surface area is 159 Å². The van der Waals surface area contributed by atoms with E-state index in [0.29, 0.717) is 12.5 Å². The van der Waals surface area contributed by atoms with Gasteiger partial charge >= 0.3 is 12.1 Å². The van der Waals surface area contributed by atoms with Crippen LogP contribution in [0.1, 0.15) is 24.6 Å². The molecule has 152 valence electrons. The number of aliphatic carboxylic acids is 1. The predicted molar refractivity (Wildman–Crippen MR) is 92.7 cm³/mol. The molecule has 1 N–H and O–H groups in total. The molecule has 1 unspecified atom stereocenters. The van der Waals surface area contributed by atoms with Crippen LogP contribution in [0.3, 0.4) is 0 Å². The molecule has 2 aromatic heterocycles. The second-order valence-electron chi connectivity index (χ2n) is 6.84. The maximum Gasteiger partial charge on any atom is 0.490 e. The van der Waals surface area contributed by atoms with Crippen molar-refractivity contribution in [2.24, 2.45) is 5.92 Å². The van der Waals surface area contributed by atoms with Crippen LogP contribution in [0.25, 0.3) is 0 Å². The summed E-state index contributed by atoms with van der Waals surface area (Å²) in [5.41, 5.74) is 1.29. The number of alkyl halides is 3. The highest BCUT2D eigenvalue weighted by Crippen LogP contribution is 2.32. The Morgan fingerprint density at radius 1 is 1.25 bits per heavy atom. The number of ether oxygens (including phenoxy) is 1. The van der Waals surface area contributed by atoms with Crippen molar-refractivity contribution in [2.75, 3.05) is 19.7 Å². The lowest BCUT2D eigenvalue weighted by atomic mass is 10.2. The molecule has 0 saturated heterocycles. The first-order chi connectivity index (χ1) is 13.3. The van der Waals surface area contributed by atoms with Gasteiger partial charge in [-0.3, -0.25) is 9.58 Å². The zero-order valence-corrected chi connectivity index (χ0v) is 15.0. The summed E-state index contributed by atoms with van der Waals surface area (Å²) in [6, 6.07) is 8.13. The van der Waals surface area contributed by atoms with E-state index >= 15 is 0 Å². The Balaban J connectivity index is 0.000000279. The van der Waals surface area contributed by atoms with Gasteiger partial charge in [-0.2, -0.15) is 18.3 Å². The molecule has 2 aromatic rings. The summed E-state index contributed by atoms with van der Waals surface area (Å²) < 4.78 is 39.7. The topological polar surface area (TPSA) is 80.5 Å². The molecule has 10 heteroatoms. The molecule has 0 aromatic carbocycles. The fourth-order valence-electron chi connectivity index (χ4n) is 3.01. The van der Waals surface area contributed by atoms with Crippen LogP contribution in [0.2, 0.25) is 0 Å². The molecule has 1 aliphatic heterocycles. The van der Waals surface area contributed by atoms with Crippen LogP contribution in [0.15, 0.2) is 36.7 Å². The van der Waals surface area contributed by atoms with Crippen molar-refractivity contribution in [1.82, 2.24) is 19.7 Å². The Morgan fingerprint density at radius 2 is 2.00 bits per heavy atom. The molecular formula is C18H21F3N4O3. The smallest absolute Gasteiger partial charge is 0.475 e. The summed E-state index contributed by atoms with van der Waals surface area (Å²) in [6.07, 6.45) is 1.36. The average Bonchev–Trinajstić information content (AvgIpc) is 3.33. The summed E-state index contributed by atoms with van der Waals surface area (Å²) in [4.78, 5) is 15.7. The largest absolute Gasteiger partial charge is 0.490 e. The average molecular weight is 398 g/mol. The number of aromatic nitrogens is 3. The van der Waals surface area contributed by atoms with Gasteiger partial charge in [0.15, 0.2) is 0 Å². The number of carboxylic acid groups (broad SMARTS) is 1. The van der Waals surface area contributed by atoms with Crippen LogP contribution in [-0.4, -0.2) is 56.6 Å². The molecule has 0 amide bonds. The third-order valence-electron chi connectivity index (χ3n) is 4.47. The highest BCUT2D eigenvalue weighted by Gasteiger charge is 2.38. The van der Waals surface area contributed by atoms with E-state index in [0.717, 1.165) is 19.0 Å². The first-order valence-electron chi connectivity index (χ1n) is 8.91. The molecule has 28 heavy (non-hydrogen) atoms. The van der Waals surface area contributed by atoms with E-state index in [9.17, 15) is 13.2 Å². The fraction of sp³-hybridized carbons (Fsp3) is 0.500. The van der Waals surface area contributed by atoms with Gasteiger partial charge in [0.2, 0.25) is 5.88 Å². The van der Waals surface area contributed by atoms with E-state index in [1.807, 2.05) is 24.4 Å². The van der Waals surface area contributed by atoms with Crippen molar-refractivity contribution in [3.8, 4) is 5.88 Å². The number of pyridine rings is 1. The standard InChI is InChI=1S/C16H20N4O.C2HF3O2/c1-2-7-17-16(3-1)21-12-15-11-19(9-13-4-5-13)10-14-6-8-18-20(14)15;3-2(4,5)1(6)7/h1-3,6-8,13,15H,4-5,9-12H2;(H,6,7). The molecule has 1 aliphatic carbocycles. The first-order valence-corrected chi connectivity index (χ1v) is 8.91. The molecule has 4 rings (SSSR count). The zero-order chi connectivity index (χ0) is 20.1. The van der Waals surface area contributed by atoms with Gasteiger partial charge < -0.3 is 9.84 Å². The third kappa shape index (κ3) is 5.69. The Kier molecular flexibility index (Phi) is 6.18. The molecule has 1 atom stereocenters. The fourth-order valence-corrected chi connectivity index (χ4v) is 3.01. The normalized spacial score (nSPS) is 19.3. The number of carbonyl (C=O) groups is 1. The second-order valence-corrected chi connectivity index (χ2v) is 6.84. The molecule has 2 aliphatic rings. The lowest BCUT2D eigenvalue weighted by molar-refractivity contribution is -0.192. The molecule has 3 heterocycles. The van der Waals surface area contributed by atoms with E-state index in [-0.39, 0.29) is 6.04 Å². The van der Waals surface area contributed by atoms with E-state index in [1.165, 1.54) is 25.1 Å². The minimum absolute atomic E-state index is 0.268. The van der Waals surface area contributed by atoms with Gasteiger partial charge in [-0.1, -0.05) is 6.07 Å². The van der Waals surface area contributed by atoms with Gasteiger partial charge in [0.05, 0.1) is 11.7 Å². The number of hydrogen-bond acceptors (Lipinski definition) is 5. The zero-order valence-electron chi connectivity index (χ0n) is 15.0. The quantitative estimate of drug-likeness (QED) is 0.834. The van der Waals surface area contributed by atoms with E-state index < -0.39 is 12.1 Å². The summed E-state index contributed by atoms with van der Waals surface area (Å²) in [6.45, 7) is 3.85. The maximum absolute atomic E-state index is 10.6. The Morgan fingerprint density at radius 3 is 2.61 bits per heavy atom. The van der Waals surface area contributed by atoms with Gasteiger partial charge in [0, 0.05) is 38.1 Å². The minimum Gasteiger partial charge on any atom is -0.475 e. The van der Waals surface area contributed by atoms with Crippen molar-refractivity contribution >= 4 is 5.97 Å². The monoisotopic (exact) mass is 398 g/mol. The van der Waals surface area contributed by atoms with Gasteiger partial charge in [-0.15, -0.1) is 0 Å². The van der Waals surface area contributed by atoms with Crippen LogP contribution in [0.4, 0.5) is 13.2 Å². The Hall–Kier alpha value is -2.62. The number of hydrogen-bond donors (Lipinski definition) is 1. The highest BCUT2D eigenvalue weighted by molar-refractivity contribution is 5.73. The first kappa shape index (κ1) is 20.1. The van der Waals surface area contributed by atoms with Crippen LogP contribution in [0.5, 0.6) is 5.88 Å². The number of carboxylic acids is 1. The van der Waals surface area contributed by atoms with Crippen molar-refractivity contribution < 1.29 is 27.8 Å². The van der Waals surface area contributed by atoms with Crippen molar-refractivity contribution in [3.05, 3.63) is 42.4 Å². The van der Waals surface area contributed by atoms with Gasteiger partial charge in [0.25, 0.3) is 0 Å². The molecule has 1 fully saturated rings. The van der Waals surface area contributed by atoms with Crippen LogP contribution in [0, 0.1) is 5.92 Å². The molecule has 0 bridgehead atoms. The number of halogens is 3. The number of rotatable bonds is 5. The second kappa shape index (κ2) is 8.59. The minimum atomic E-state index is -5.08. The van der Waals surface area contributed by atoms with Crippen molar-refractivity contribution in [1.29, 1.82) is 0 Å². The molecular weight excluding hydrogens is 377 g/mol. The summed E-state index contributed by atoms with van der Waals surface area (Å²) >= 11 is 0. The Bertz CT molecular complexity index is 778. The van der Waals surface area contributed by atoms with Crippen molar-refractivity contribution in [2.45, 2.75) is 31.6 Å². The summed E-state index contributed by atoms with van der Waals surface area (Å²) in [7, 11) is 0. The van der Waals surface area contributed by atoms with E-state index in [2.05, 4.69) is 25.7 Å². The van der Waals surface area contributed by atoms with Crippen LogP contribution < -0.4 is 4.74 Å². The van der Waals surface area contributed by atoms with E-state index in [1.54, 1.807) is 6.20 Å². The third-order valence-corrected chi connectivity index (χ3v) is 4.47. The van der Waals surface area contributed by atoms with E-state index in [4.69, 9.17) is 14.6 Å². The predicted octanol–water partition coefficient (Wildman–Crippen LogP) is 2.76. The number of nitrogens with zero attached hydrogens (tertiary/aromatic N) is 4. The van der Waals surface area contributed by atoms with Crippen LogP contribution >= 0.6 is 0 Å². The lowest BCUT2D eigenvalue weighted by Crippen LogP contribution is -2.41. The molecule has 7 nitrogen and oxygen atoms in total. The van der Waals surface area contributed by atoms with Crippen LogP contribution in [-0.2, 0) is 11.3 Å². The summed E-state index contributed by atoms with van der Waals surface area (Å²) in [5, 5.41) is 11.6. The van der Waals surface area contributed by atoms with Gasteiger partial charge in [-0.25, -0.2) is 9.78 Å². The summed E-state index contributed by atoms with van der Waals surface area (Å²) in [5.74, 6) is -1.16. The molecule has 1 saturated carbocycles. The molecule has 0 spiro atoms. The highest BCUT2D eigenvalue weighted by atomic mass is 19.4. The number of fused-ring (bicyclic) bond motifs is 1. The van der Waals surface area contributed by atoms with Gasteiger partial charge in [-0.05, 0) is 30.9 Å². The maximum atomic E-state index is 10.6. The van der Waals surface area contributed by atoms with Gasteiger partial charge in [0.1, 0.15) is 6.61 Å². The lowest BCUT2D eigenvalue weighted by Gasteiger charge is -2.33. The molecule has 0 radical (unpaired) electrons. The SMILES string of the molecule is O=C(O)C(F)(F)F.c1ccc(OCC2CN(CC3CC3)Cc3ccnn32)nc1. The van der Waals surface area contributed by atoms with Crippen molar-refractivity contribution in [3.63, 3.8) is 0 Å².